The van der Waals surface area contributed by atoms with Crippen LogP contribution >= 0.6 is 0 Å². The lowest BCUT2D eigenvalue weighted by Crippen LogP contribution is -2.32. The normalized spacial score (nSPS) is 22.0. The van der Waals surface area contributed by atoms with Crippen LogP contribution in [-0.4, -0.2) is 82.4 Å². The summed E-state index contributed by atoms with van der Waals surface area (Å²) in [5.41, 5.74) is 1.93. The number of nitrogens with one attached hydrogen (secondary N) is 1. The molecule has 3 aromatic rings. The van der Waals surface area contributed by atoms with Gasteiger partial charge in [-0.1, -0.05) is 18.2 Å². The average Bonchev–Trinajstić information content (AvgIpc) is 3.41. The highest BCUT2D eigenvalue weighted by molar-refractivity contribution is 6.06. The summed E-state index contributed by atoms with van der Waals surface area (Å²) in [5.74, 6) is -0.0284. The molecule has 0 saturated carbocycles. The number of hydrogen-bond acceptors (Lipinski definition) is 9. The third-order valence-corrected chi connectivity index (χ3v) is 5.09. The number of nitrogens with zero attached hydrogens (tertiary/aromatic N) is 5. The Morgan fingerprint density at radius 3 is 2.78 bits per heavy atom. The van der Waals surface area contributed by atoms with Gasteiger partial charge in [-0.25, -0.2) is 15.0 Å². The van der Waals surface area contributed by atoms with Gasteiger partial charge in [0.1, 0.15) is 18.5 Å². The Labute approximate surface area is 184 Å². The number of aliphatic hydroxyl groups is 1. The quantitative estimate of drug-likeness (QED) is 0.497. The minimum absolute atomic E-state index is 0.243. The summed E-state index contributed by atoms with van der Waals surface area (Å²) in [4.78, 5) is 29.8. The van der Waals surface area contributed by atoms with Gasteiger partial charge in [-0.2, -0.15) is 0 Å². The molecule has 2 N–H and O–H groups in total. The van der Waals surface area contributed by atoms with Crippen LogP contribution in [0.1, 0.15) is 16.6 Å². The summed E-state index contributed by atoms with van der Waals surface area (Å²) < 4.78 is 18.8. The molecule has 3 atom stereocenters. The van der Waals surface area contributed by atoms with Crippen LogP contribution in [0.4, 0.5) is 5.82 Å². The number of hydrogen-bond donors (Lipinski definition) is 2. The highest BCUT2D eigenvalue weighted by Gasteiger charge is 2.43. The van der Waals surface area contributed by atoms with E-state index >= 15 is 0 Å². The van der Waals surface area contributed by atoms with Gasteiger partial charge < -0.3 is 24.6 Å². The number of aliphatic hydroxyl groups excluding tert-OH is 1. The molecule has 1 aliphatic heterocycles. The topological polar surface area (TPSA) is 133 Å². The van der Waals surface area contributed by atoms with Crippen molar-refractivity contribution < 1.29 is 24.1 Å². The number of carbonyl (C=O) groups is 1. The molecule has 1 aliphatic rings. The summed E-state index contributed by atoms with van der Waals surface area (Å²) in [6, 6.07) is 8.82. The van der Waals surface area contributed by atoms with Crippen LogP contribution in [0.5, 0.6) is 0 Å². The lowest BCUT2D eigenvalue weighted by molar-refractivity contribution is -0.0742. The monoisotopic (exact) mass is 440 g/mol. The second-order valence-electron chi connectivity index (χ2n) is 7.00. The fourth-order valence-electron chi connectivity index (χ4n) is 3.58. The Hall–Kier alpha value is -3.25. The number of rotatable bonds is 8. The highest BCUT2D eigenvalue weighted by atomic mass is 16.6. The summed E-state index contributed by atoms with van der Waals surface area (Å²) in [5, 5.41) is 12.5. The first kappa shape index (κ1) is 22.0. The largest absolute Gasteiger partial charge is 0.393 e. The van der Waals surface area contributed by atoms with Crippen molar-refractivity contribution in [3.8, 4) is 0 Å². The number of ether oxygens (including phenoxy) is 3. The molecule has 4 rings (SSSR count). The van der Waals surface area contributed by atoms with E-state index in [0.717, 1.165) is 0 Å². The molecule has 0 spiro atoms. The van der Waals surface area contributed by atoms with E-state index in [1.54, 1.807) is 49.3 Å². The molecule has 1 saturated heterocycles. The summed E-state index contributed by atoms with van der Waals surface area (Å²) >= 11 is 0. The van der Waals surface area contributed by atoms with Crippen LogP contribution in [0.3, 0.4) is 0 Å². The molecule has 0 radical (unpaired) electrons. The van der Waals surface area contributed by atoms with Crippen molar-refractivity contribution in [3.63, 3.8) is 0 Å². The number of anilines is 1. The van der Waals surface area contributed by atoms with Crippen molar-refractivity contribution in [2.24, 2.45) is 4.99 Å². The molecule has 168 valence electrons. The highest BCUT2D eigenvalue weighted by Crippen LogP contribution is 2.32. The number of amides is 1. The number of methoxy groups -OCH3 is 1. The van der Waals surface area contributed by atoms with Gasteiger partial charge in [0, 0.05) is 19.7 Å². The van der Waals surface area contributed by atoms with Crippen LogP contribution in [0.15, 0.2) is 48.0 Å². The third kappa shape index (κ3) is 4.23. The molecule has 32 heavy (non-hydrogen) atoms. The predicted octanol–water partition coefficient (Wildman–Crippen LogP) is 1.07. The lowest BCUT2D eigenvalue weighted by Gasteiger charge is -2.20. The number of imidazole rings is 1. The molecule has 0 bridgehead atoms. The van der Waals surface area contributed by atoms with Gasteiger partial charge in [0.05, 0.1) is 31.9 Å². The molecule has 2 aromatic heterocycles. The number of aromatic nitrogens is 4. The molecule has 3 heterocycles. The first-order chi connectivity index (χ1) is 15.7. The smallest absolute Gasteiger partial charge is 0.256 e. The first-order valence-corrected chi connectivity index (χ1v) is 10.0. The fraction of sp³-hybridized carbons (Fsp3) is 0.381. The molecule has 1 fully saturated rings. The molecule has 11 heteroatoms. The molecule has 11 nitrogen and oxygen atoms in total. The van der Waals surface area contributed by atoms with E-state index < -0.39 is 18.4 Å². The Bertz CT molecular complexity index is 1100. The standard InChI is InChI=1S/C21H24N6O5/c1-22-15-14(10-28)32-21(17(15)31-9-8-30-2)27-12-25-16-18(23-11-24-19(16)27)26-20(29)13-6-4-3-5-7-13/h3-7,11-12,14,17,21,28H,8-10H2,1-2H3,(H,23,24,26,29)/b22-15+/t14-,17-,21-/m1/s1. The van der Waals surface area contributed by atoms with E-state index in [-0.39, 0.29) is 18.3 Å². The summed E-state index contributed by atoms with van der Waals surface area (Å²) in [6.45, 7) is 0.470. The van der Waals surface area contributed by atoms with Gasteiger partial charge in [0.15, 0.2) is 23.2 Å². The van der Waals surface area contributed by atoms with E-state index in [1.165, 1.54) is 6.33 Å². The SMILES string of the molecule is C/N=C1/[C@@H](OCCOC)[C@H](n2cnc3c(NC(=O)c4ccccc4)ncnc32)O[C@@H]1CO. The van der Waals surface area contributed by atoms with Gasteiger partial charge in [-0.15, -0.1) is 0 Å². The van der Waals surface area contributed by atoms with Gasteiger partial charge in [0.25, 0.3) is 5.91 Å². The lowest BCUT2D eigenvalue weighted by atomic mass is 10.1. The second-order valence-corrected chi connectivity index (χ2v) is 7.00. The van der Waals surface area contributed by atoms with Crippen molar-refractivity contribution >= 4 is 28.6 Å². The average molecular weight is 440 g/mol. The van der Waals surface area contributed by atoms with Crippen LogP contribution in [0.25, 0.3) is 11.2 Å². The number of benzene rings is 1. The molecule has 0 unspecified atom stereocenters. The van der Waals surface area contributed by atoms with E-state index in [1.807, 2.05) is 6.07 Å². The second kappa shape index (κ2) is 9.92. The van der Waals surface area contributed by atoms with E-state index in [2.05, 4.69) is 25.3 Å². The molecule has 0 aliphatic carbocycles. The van der Waals surface area contributed by atoms with Crippen LogP contribution < -0.4 is 5.32 Å². The molecular formula is C21H24N6O5. The maximum atomic E-state index is 12.6. The van der Waals surface area contributed by atoms with Gasteiger partial charge in [-0.05, 0) is 12.1 Å². The molecular weight excluding hydrogens is 416 g/mol. The Balaban J connectivity index is 1.65. The van der Waals surface area contributed by atoms with Crippen molar-refractivity contribution in [1.29, 1.82) is 0 Å². The Morgan fingerprint density at radius 1 is 1.25 bits per heavy atom. The van der Waals surface area contributed by atoms with Gasteiger partial charge in [0.2, 0.25) is 0 Å². The zero-order valence-corrected chi connectivity index (χ0v) is 17.7. The number of fused-ring (bicyclic) bond motifs is 1. The van der Waals surface area contributed by atoms with Crippen molar-refractivity contribution in [2.75, 3.05) is 39.3 Å². The maximum Gasteiger partial charge on any atom is 0.256 e. The zero-order chi connectivity index (χ0) is 22.5. The van der Waals surface area contributed by atoms with E-state index in [4.69, 9.17) is 14.2 Å². The van der Waals surface area contributed by atoms with E-state index in [9.17, 15) is 9.90 Å². The Morgan fingerprint density at radius 2 is 2.06 bits per heavy atom. The number of carbonyl (C=O) groups excluding carboxylic acids is 1. The van der Waals surface area contributed by atoms with Gasteiger partial charge in [-0.3, -0.25) is 14.4 Å². The van der Waals surface area contributed by atoms with Crippen molar-refractivity contribution in [2.45, 2.75) is 18.4 Å². The van der Waals surface area contributed by atoms with Gasteiger partial charge >= 0.3 is 0 Å². The van der Waals surface area contributed by atoms with Crippen LogP contribution in [0, 0.1) is 0 Å². The predicted molar refractivity (Wildman–Crippen MR) is 116 cm³/mol. The zero-order valence-electron chi connectivity index (χ0n) is 17.7. The maximum absolute atomic E-state index is 12.6. The first-order valence-electron chi connectivity index (χ1n) is 10.0. The van der Waals surface area contributed by atoms with Crippen LogP contribution in [0.2, 0.25) is 0 Å². The van der Waals surface area contributed by atoms with Crippen molar-refractivity contribution in [1.82, 2.24) is 19.5 Å². The minimum Gasteiger partial charge on any atom is -0.393 e. The molecule has 1 aromatic carbocycles. The Kier molecular flexibility index (Phi) is 6.81. The molecule has 1 amide bonds. The summed E-state index contributed by atoms with van der Waals surface area (Å²) in [6.07, 6.45) is 1.04. The van der Waals surface area contributed by atoms with E-state index in [0.29, 0.717) is 35.7 Å². The van der Waals surface area contributed by atoms with Crippen molar-refractivity contribution in [3.05, 3.63) is 48.5 Å². The summed E-state index contributed by atoms with van der Waals surface area (Å²) in [7, 11) is 3.21. The fourth-order valence-corrected chi connectivity index (χ4v) is 3.58. The third-order valence-electron chi connectivity index (χ3n) is 5.09. The minimum atomic E-state index is -0.666. The van der Waals surface area contributed by atoms with Crippen LogP contribution in [-0.2, 0) is 14.2 Å². The number of aliphatic imine (C=N–C) groups is 1.